The molecular formula is C25H18Cl2FN3O2. The molecule has 0 fully saturated rings. The molecule has 1 aromatic heterocycles. The molecular weight excluding hydrogens is 464 g/mol. The third-order valence-corrected chi connectivity index (χ3v) is 5.29. The molecule has 0 aliphatic rings. The Hall–Kier alpha value is -3.53. The number of imidazole rings is 1. The van der Waals surface area contributed by atoms with Crippen molar-refractivity contribution in [1.29, 1.82) is 5.26 Å². The SMILES string of the molecule is CCOc1cc(/C=C(/C#N)c2nc3ccc(F)cc3[nH]2)cc(Cl)c1OCc1ccc(Cl)cc1. The summed E-state index contributed by atoms with van der Waals surface area (Å²) >= 11 is 12.4. The number of rotatable bonds is 7. The van der Waals surface area contributed by atoms with Crippen molar-refractivity contribution in [3.8, 4) is 17.6 Å². The van der Waals surface area contributed by atoms with Gasteiger partial charge in [0.1, 0.15) is 24.3 Å². The highest BCUT2D eigenvalue weighted by Gasteiger charge is 2.14. The van der Waals surface area contributed by atoms with E-state index in [2.05, 4.69) is 16.0 Å². The van der Waals surface area contributed by atoms with E-state index < -0.39 is 0 Å². The van der Waals surface area contributed by atoms with Crippen LogP contribution in [0.4, 0.5) is 4.39 Å². The van der Waals surface area contributed by atoms with E-state index in [1.165, 1.54) is 12.1 Å². The summed E-state index contributed by atoms with van der Waals surface area (Å²) in [4.78, 5) is 7.35. The highest BCUT2D eigenvalue weighted by molar-refractivity contribution is 6.32. The largest absolute Gasteiger partial charge is 0.490 e. The summed E-state index contributed by atoms with van der Waals surface area (Å²) in [5.74, 6) is 0.801. The van der Waals surface area contributed by atoms with Crippen molar-refractivity contribution in [2.45, 2.75) is 13.5 Å². The molecule has 0 aliphatic carbocycles. The van der Waals surface area contributed by atoms with Gasteiger partial charge in [-0.3, -0.25) is 0 Å². The Bertz CT molecular complexity index is 1380. The number of nitriles is 1. The molecule has 0 saturated carbocycles. The van der Waals surface area contributed by atoms with Crippen molar-refractivity contribution < 1.29 is 13.9 Å². The minimum absolute atomic E-state index is 0.264. The van der Waals surface area contributed by atoms with Gasteiger partial charge in [-0.05, 0) is 66.6 Å². The molecule has 0 radical (unpaired) electrons. The number of hydrogen-bond donors (Lipinski definition) is 1. The predicted octanol–water partition coefficient (Wildman–Crippen LogP) is 7.05. The van der Waals surface area contributed by atoms with Crippen molar-refractivity contribution in [1.82, 2.24) is 9.97 Å². The monoisotopic (exact) mass is 481 g/mol. The predicted molar refractivity (Wildman–Crippen MR) is 128 cm³/mol. The standard InChI is InChI=1S/C25H18Cl2FN3O2/c1-2-32-23-11-16(10-20(27)24(23)33-14-15-3-5-18(26)6-4-15)9-17(13-29)25-30-21-8-7-19(28)12-22(21)31-25/h3-12H,2,14H2,1H3,(H,30,31)/b17-9-. The topological polar surface area (TPSA) is 70.9 Å². The van der Waals surface area contributed by atoms with Gasteiger partial charge in [0.25, 0.3) is 0 Å². The van der Waals surface area contributed by atoms with Gasteiger partial charge >= 0.3 is 0 Å². The number of H-pyrrole nitrogens is 1. The molecule has 3 aromatic carbocycles. The Morgan fingerprint density at radius 3 is 2.64 bits per heavy atom. The molecule has 0 atom stereocenters. The fourth-order valence-corrected chi connectivity index (χ4v) is 3.64. The van der Waals surface area contributed by atoms with Crippen LogP contribution >= 0.6 is 23.2 Å². The second-order valence-corrected chi connectivity index (χ2v) is 7.94. The lowest BCUT2D eigenvalue weighted by Gasteiger charge is -2.15. The fourth-order valence-electron chi connectivity index (χ4n) is 3.24. The zero-order chi connectivity index (χ0) is 23.4. The van der Waals surface area contributed by atoms with Crippen molar-refractivity contribution in [3.63, 3.8) is 0 Å². The number of benzene rings is 3. The number of aromatic amines is 1. The quantitative estimate of drug-likeness (QED) is 0.287. The van der Waals surface area contributed by atoms with Gasteiger partial charge < -0.3 is 14.5 Å². The first kappa shape index (κ1) is 22.7. The third kappa shape index (κ3) is 5.28. The van der Waals surface area contributed by atoms with Crippen LogP contribution in [0.25, 0.3) is 22.7 Å². The van der Waals surface area contributed by atoms with Gasteiger partial charge in [-0.2, -0.15) is 5.26 Å². The van der Waals surface area contributed by atoms with Gasteiger partial charge in [-0.1, -0.05) is 35.3 Å². The summed E-state index contributed by atoms with van der Waals surface area (Å²) in [6.07, 6.45) is 1.63. The Morgan fingerprint density at radius 1 is 1.12 bits per heavy atom. The smallest absolute Gasteiger partial charge is 0.180 e. The normalized spacial score (nSPS) is 11.4. The van der Waals surface area contributed by atoms with Crippen molar-refractivity contribution in [3.05, 3.63) is 87.4 Å². The molecule has 0 saturated heterocycles. The van der Waals surface area contributed by atoms with Crippen LogP contribution in [-0.4, -0.2) is 16.6 Å². The highest BCUT2D eigenvalue weighted by Crippen LogP contribution is 2.38. The van der Waals surface area contributed by atoms with E-state index >= 15 is 0 Å². The molecule has 0 spiro atoms. The molecule has 0 bridgehead atoms. The summed E-state index contributed by atoms with van der Waals surface area (Å²) in [5, 5.41) is 10.7. The van der Waals surface area contributed by atoms with Gasteiger partial charge in [-0.25, -0.2) is 9.37 Å². The van der Waals surface area contributed by atoms with Crippen LogP contribution in [0.5, 0.6) is 11.5 Å². The van der Waals surface area contributed by atoms with E-state index in [4.69, 9.17) is 32.7 Å². The van der Waals surface area contributed by atoms with Crippen LogP contribution in [0.15, 0.2) is 54.6 Å². The first-order chi connectivity index (χ1) is 16.0. The number of ether oxygens (including phenoxy) is 2. The van der Waals surface area contributed by atoms with E-state index in [0.29, 0.717) is 50.6 Å². The summed E-state index contributed by atoms with van der Waals surface area (Å²) in [6, 6.07) is 17.1. The van der Waals surface area contributed by atoms with E-state index in [0.717, 1.165) is 5.56 Å². The van der Waals surface area contributed by atoms with E-state index in [1.807, 2.05) is 19.1 Å². The average molecular weight is 482 g/mol. The molecule has 166 valence electrons. The summed E-state index contributed by atoms with van der Waals surface area (Å²) in [7, 11) is 0. The minimum atomic E-state index is -0.387. The summed E-state index contributed by atoms with van der Waals surface area (Å²) in [6.45, 7) is 2.54. The summed E-state index contributed by atoms with van der Waals surface area (Å²) < 4.78 is 25.2. The molecule has 0 unspecified atom stereocenters. The lowest BCUT2D eigenvalue weighted by molar-refractivity contribution is 0.269. The third-order valence-electron chi connectivity index (χ3n) is 4.76. The van der Waals surface area contributed by atoms with Crippen LogP contribution in [0.2, 0.25) is 10.0 Å². The second kappa shape index (κ2) is 9.95. The average Bonchev–Trinajstić information content (AvgIpc) is 3.21. The van der Waals surface area contributed by atoms with Gasteiger partial charge in [0.15, 0.2) is 11.5 Å². The van der Waals surface area contributed by atoms with E-state index in [1.54, 1.807) is 36.4 Å². The fraction of sp³-hybridized carbons (Fsp3) is 0.120. The van der Waals surface area contributed by atoms with Crippen LogP contribution < -0.4 is 9.47 Å². The van der Waals surface area contributed by atoms with E-state index in [9.17, 15) is 9.65 Å². The number of aromatic nitrogens is 2. The molecule has 33 heavy (non-hydrogen) atoms. The van der Waals surface area contributed by atoms with Crippen LogP contribution in [-0.2, 0) is 6.61 Å². The van der Waals surface area contributed by atoms with Gasteiger partial charge in [0.05, 0.1) is 28.2 Å². The van der Waals surface area contributed by atoms with Gasteiger partial charge in [0.2, 0.25) is 0 Å². The molecule has 8 heteroatoms. The van der Waals surface area contributed by atoms with E-state index in [-0.39, 0.29) is 18.0 Å². The minimum Gasteiger partial charge on any atom is -0.490 e. The van der Waals surface area contributed by atoms with Crippen molar-refractivity contribution in [2.24, 2.45) is 0 Å². The number of allylic oxidation sites excluding steroid dienone is 1. The maximum absolute atomic E-state index is 13.5. The van der Waals surface area contributed by atoms with Crippen LogP contribution in [0.3, 0.4) is 0 Å². The zero-order valence-electron chi connectivity index (χ0n) is 17.5. The first-order valence-electron chi connectivity index (χ1n) is 10.1. The Labute approximate surface area is 200 Å². The lowest BCUT2D eigenvalue weighted by Crippen LogP contribution is -2.01. The maximum Gasteiger partial charge on any atom is 0.180 e. The molecule has 1 heterocycles. The molecule has 4 aromatic rings. The van der Waals surface area contributed by atoms with Crippen molar-refractivity contribution >= 4 is 45.9 Å². The molecule has 0 aliphatic heterocycles. The first-order valence-corrected chi connectivity index (χ1v) is 10.8. The number of hydrogen-bond acceptors (Lipinski definition) is 4. The zero-order valence-corrected chi connectivity index (χ0v) is 19.0. The lowest BCUT2D eigenvalue weighted by atomic mass is 10.1. The number of nitrogens with zero attached hydrogens (tertiary/aromatic N) is 2. The second-order valence-electron chi connectivity index (χ2n) is 7.09. The molecule has 5 nitrogen and oxygen atoms in total. The Morgan fingerprint density at radius 2 is 1.91 bits per heavy atom. The molecule has 1 N–H and O–H groups in total. The highest BCUT2D eigenvalue weighted by atomic mass is 35.5. The number of nitrogens with one attached hydrogen (secondary N) is 1. The molecule has 4 rings (SSSR count). The Kier molecular flexibility index (Phi) is 6.83. The number of fused-ring (bicyclic) bond motifs is 1. The summed E-state index contributed by atoms with van der Waals surface area (Å²) in [5.41, 5.74) is 2.89. The van der Waals surface area contributed by atoms with Crippen LogP contribution in [0.1, 0.15) is 23.9 Å². The maximum atomic E-state index is 13.5. The molecule has 0 amide bonds. The number of halogens is 3. The van der Waals surface area contributed by atoms with Crippen molar-refractivity contribution in [2.75, 3.05) is 6.61 Å². The Balaban J connectivity index is 1.65. The van der Waals surface area contributed by atoms with Gasteiger partial charge in [-0.15, -0.1) is 0 Å². The van der Waals surface area contributed by atoms with Gasteiger partial charge in [0, 0.05) is 5.02 Å². The van der Waals surface area contributed by atoms with Crippen LogP contribution in [0, 0.1) is 17.1 Å².